The van der Waals surface area contributed by atoms with Crippen LogP contribution < -0.4 is 5.73 Å². The molecule has 0 aliphatic heterocycles. The van der Waals surface area contributed by atoms with Crippen LogP contribution in [0.25, 0.3) is 0 Å². The maximum atomic E-state index is 11.9. The summed E-state index contributed by atoms with van der Waals surface area (Å²) in [5, 5.41) is 0. The molecule has 82 valence electrons. The second-order valence-corrected chi connectivity index (χ2v) is 4.39. The highest BCUT2D eigenvalue weighted by Crippen LogP contribution is 2.23. The van der Waals surface area contributed by atoms with Gasteiger partial charge in [-0.2, -0.15) is 8.78 Å². The molecule has 2 nitrogen and oxygen atoms in total. The Morgan fingerprint density at radius 3 is 2.87 bits per heavy atom. The molecule has 0 aliphatic carbocycles. The van der Waals surface area contributed by atoms with Gasteiger partial charge in [0.05, 0.1) is 11.2 Å². The molecular weight excluding hydrogens is 266 g/mol. The van der Waals surface area contributed by atoms with E-state index < -0.39 is 11.6 Å². The van der Waals surface area contributed by atoms with Crippen molar-refractivity contribution in [1.29, 1.82) is 0 Å². The summed E-state index contributed by atoms with van der Waals surface area (Å²) in [5.41, 5.74) is 5.59. The van der Waals surface area contributed by atoms with E-state index >= 15 is 0 Å². The van der Waals surface area contributed by atoms with E-state index in [1.807, 2.05) is 0 Å². The SMILES string of the molecule is C[C@](N)(CC=C(F)F)c1cc(Br)ccn1. The summed E-state index contributed by atoms with van der Waals surface area (Å²) in [7, 11) is 0. The lowest BCUT2D eigenvalue weighted by molar-refractivity contribution is 0.403. The van der Waals surface area contributed by atoms with Crippen molar-refractivity contribution in [3.63, 3.8) is 0 Å². The lowest BCUT2D eigenvalue weighted by atomic mass is 9.94. The molecule has 0 bridgehead atoms. The second-order valence-electron chi connectivity index (χ2n) is 3.47. The Hall–Kier alpha value is -0.810. The van der Waals surface area contributed by atoms with Gasteiger partial charge in [0.1, 0.15) is 0 Å². The van der Waals surface area contributed by atoms with Crippen LogP contribution >= 0.6 is 15.9 Å². The molecule has 1 atom stereocenters. The molecule has 1 rings (SSSR count). The third kappa shape index (κ3) is 3.68. The minimum Gasteiger partial charge on any atom is -0.320 e. The van der Waals surface area contributed by atoms with E-state index in [0.717, 1.165) is 10.5 Å². The minimum atomic E-state index is -1.72. The number of nitrogens with zero attached hydrogens (tertiary/aromatic N) is 1. The molecule has 0 radical (unpaired) electrons. The first-order valence-corrected chi connectivity index (χ1v) is 5.13. The zero-order valence-corrected chi connectivity index (χ0v) is 9.76. The molecule has 5 heteroatoms. The maximum absolute atomic E-state index is 11.9. The zero-order chi connectivity index (χ0) is 11.5. The Morgan fingerprint density at radius 2 is 2.33 bits per heavy atom. The number of pyridine rings is 1. The Bertz CT molecular complexity index is 373. The van der Waals surface area contributed by atoms with Crippen molar-refractivity contribution in [2.45, 2.75) is 18.9 Å². The number of rotatable bonds is 3. The van der Waals surface area contributed by atoms with Crippen molar-refractivity contribution in [3.8, 4) is 0 Å². The summed E-state index contributed by atoms with van der Waals surface area (Å²) in [6.07, 6.45) is 0.725. The van der Waals surface area contributed by atoms with E-state index in [0.29, 0.717) is 5.69 Å². The third-order valence-electron chi connectivity index (χ3n) is 1.99. The number of hydrogen-bond acceptors (Lipinski definition) is 2. The van der Waals surface area contributed by atoms with Crippen LogP contribution in [0.3, 0.4) is 0 Å². The molecule has 1 heterocycles. The zero-order valence-electron chi connectivity index (χ0n) is 8.17. The highest BCUT2D eigenvalue weighted by Gasteiger charge is 2.22. The lowest BCUT2D eigenvalue weighted by Crippen LogP contribution is -2.33. The van der Waals surface area contributed by atoms with Crippen molar-refractivity contribution in [1.82, 2.24) is 4.98 Å². The molecule has 0 fully saturated rings. The Kier molecular flexibility index (Phi) is 3.93. The smallest absolute Gasteiger partial charge is 0.266 e. The molecule has 0 aliphatic rings. The van der Waals surface area contributed by atoms with Gasteiger partial charge in [-0.05, 0) is 31.6 Å². The Labute approximate surface area is 95.3 Å². The standard InChI is InChI=1S/C10H11BrF2N2/c1-10(14,4-2-9(12)13)8-6-7(11)3-5-15-8/h2-3,5-6H,4,14H2,1H3/t10-/m0/s1. The number of nitrogens with two attached hydrogens (primary N) is 1. The van der Waals surface area contributed by atoms with Crippen molar-refractivity contribution >= 4 is 15.9 Å². The molecule has 1 aromatic rings. The Balaban J connectivity index is 2.90. The van der Waals surface area contributed by atoms with Gasteiger partial charge < -0.3 is 5.73 Å². The van der Waals surface area contributed by atoms with E-state index in [9.17, 15) is 8.78 Å². The molecule has 15 heavy (non-hydrogen) atoms. The van der Waals surface area contributed by atoms with Gasteiger partial charge in [-0.15, -0.1) is 0 Å². The average Bonchev–Trinajstić information content (AvgIpc) is 2.15. The molecule has 0 saturated heterocycles. The topological polar surface area (TPSA) is 38.9 Å². The summed E-state index contributed by atoms with van der Waals surface area (Å²) in [4.78, 5) is 4.06. The molecule has 0 spiro atoms. The van der Waals surface area contributed by atoms with Crippen LogP contribution in [0.5, 0.6) is 0 Å². The lowest BCUT2D eigenvalue weighted by Gasteiger charge is -2.22. The molecule has 0 unspecified atom stereocenters. The summed E-state index contributed by atoms with van der Waals surface area (Å²) < 4.78 is 24.7. The van der Waals surface area contributed by atoms with Crippen molar-refractivity contribution in [3.05, 3.63) is 40.7 Å². The summed E-state index contributed by atoms with van der Waals surface area (Å²) in [6, 6.07) is 3.48. The predicted molar refractivity (Wildman–Crippen MR) is 58.4 cm³/mol. The molecule has 2 N–H and O–H groups in total. The summed E-state index contributed by atoms with van der Waals surface area (Å²) in [6.45, 7) is 1.67. The van der Waals surface area contributed by atoms with Gasteiger partial charge in [0.25, 0.3) is 6.08 Å². The first-order valence-electron chi connectivity index (χ1n) is 4.34. The summed E-state index contributed by atoms with van der Waals surface area (Å²) in [5.74, 6) is 0. The fourth-order valence-electron chi connectivity index (χ4n) is 1.11. The molecule has 0 amide bonds. The van der Waals surface area contributed by atoms with Crippen molar-refractivity contribution in [2.24, 2.45) is 5.73 Å². The van der Waals surface area contributed by atoms with Crippen LogP contribution in [0, 0.1) is 0 Å². The van der Waals surface area contributed by atoms with Crippen LogP contribution in [-0.4, -0.2) is 4.98 Å². The molecular formula is C10H11BrF2N2. The third-order valence-corrected chi connectivity index (χ3v) is 2.48. The van der Waals surface area contributed by atoms with E-state index in [4.69, 9.17) is 5.73 Å². The molecule has 0 saturated carbocycles. The quantitative estimate of drug-likeness (QED) is 0.921. The van der Waals surface area contributed by atoms with Gasteiger partial charge in [-0.1, -0.05) is 15.9 Å². The fraction of sp³-hybridized carbons (Fsp3) is 0.300. The normalized spacial score (nSPS) is 14.5. The predicted octanol–water partition coefficient (Wildman–Crippen LogP) is 3.19. The molecule has 1 aromatic heterocycles. The van der Waals surface area contributed by atoms with Crippen LogP contribution in [0.1, 0.15) is 19.0 Å². The van der Waals surface area contributed by atoms with E-state index in [1.54, 1.807) is 25.3 Å². The molecule has 0 aromatic carbocycles. The van der Waals surface area contributed by atoms with Crippen LogP contribution in [0.4, 0.5) is 8.78 Å². The van der Waals surface area contributed by atoms with Gasteiger partial charge in [-0.3, -0.25) is 4.98 Å². The minimum absolute atomic E-state index is 0.0544. The largest absolute Gasteiger partial charge is 0.320 e. The fourth-order valence-corrected chi connectivity index (χ4v) is 1.45. The van der Waals surface area contributed by atoms with Gasteiger partial charge in [0.2, 0.25) is 0 Å². The van der Waals surface area contributed by atoms with Crippen LogP contribution in [0.15, 0.2) is 35.0 Å². The number of aromatic nitrogens is 1. The van der Waals surface area contributed by atoms with Crippen molar-refractivity contribution in [2.75, 3.05) is 0 Å². The van der Waals surface area contributed by atoms with Crippen LogP contribution in [-0.2, 0) is 5.54 Å². The van der Waals surface area contributed by atoms with E-state index in [1.165, 1.54) is 0 Å². The van der Waals surface area contributed by atoms with Gasteiger partial charge in [0, 0.05) is 10.7 Å². The maximum Gasteiger partial charge on any atom is 0.266 e. The monoisotopic (exact) mass is 276 g/mol. The van der Waals surface area contributed by atoms with Gasteiger partial charge in [-0.25, -0.2) is 0 Å². The highest BCUT2D eigenvalue weighted by molar-refractivity contribution is 9.10. The summed E-state index contributed by atoms with van der Waals surface area (Å²) >= 11 is 3.28. The van der Waals surface area contributed by atoms with E-state index in [2.05, 4.69) is 20.9 Å². The van der Waals surface area contributed by atoms with E-state index in [-0.39, 0.29) is 6.42 Å². The number of halogens is 3. The van der Waals surface area contributed by atoms with Gasteiger partial charge >= 0.3 is 0 Å². The first kappa shape index (κ1) is 12.3. The highest BCUT2D eigenvalue weighted by atomic mass is 79.9. The number of hydrogen-bond donors (Lipinski definition) is 1. The van der Waals surface area contributed by atoms with Crippen LogP contribution in [0.2, 0.25) is 0 Å². The average molecular weight is 277 g/mol. The van der Waals surface area contributed by atoms with Gasteiger partial charge in [0.15, 0.2) is 0 Å². The second kappa shape index (κ2) is 4.81. The Morgan fingerprint density at radius 1 is 1.67 bits per heavy atom. The van der Waals surface area contributed by atoms with Crippen molar-refractivity contribution < 1.29 is 8.78 Å². The first-order chi connectivity index (χ1) is 6.92.